The number of halogens is 2. The predicted octanol–water partition coefficient (Wildman–Crippen LogP) is 4.01. The number of hydrogen-bond acceptors (Lipinski definition) is 2. The number of unbranched alkanes of at least 4 members (excludes halogenated alkanes) is 1. The normalized spacial score (nSPS) is 10.7. The Balaban J connectivity index is 2.22. The van der Waals surface area contributed by atoms with E-state index in [1.54, 1.807) is 0 Å². The van der Waals surface area contributed by atoms with Gasteiger partial charge in [0.15, 0.2) is 0 Å². The van der Waals surface area contributed by atoms with E-state index in [2.05, 4.69) is 17.2 Å². The van der Waals surface area contributed by atoms with E-state index >= 15 is 0 Å². The summed E-state index contributed by atoms with van der Waals surface area (Å²) in [5, 5.41) is 2.91. The van der Waals surface area contributed by atoms with Gasteiger partial charge in [-0.25, -0.2) is 13.8 Å². The van der Waals surface area contributed by atoms with Gasteiger partial charge >= 0.3 is 0 Å². The van der Waals surface area contributed by atoms with Crippen molar-refractivity contribution < 1.29 is 8.78 Å². The van der Waals surface area contributed by atoms with Gasteiger partial charge in [0.25, 0.3) is 0 Å². The van der Waals surface area contributed by atoms with Gasteiger partial charge in [-0.05, 0) is 25.5 Å². The summed E-state index contributed by atoms with van der Waals surface area (Å²) in [7, 11) is 0. The van der Waals surface area contributed by atoms with Gasteiger partial charge in [0, 0.05) is 18.8 Å². The van der Waals surface area contributed by atoms with E-state index in [0.29, 0.717) is 5.95 Å². The molecule has 0 unspecified atom stereocenters. The molecule has 0 radical (unpaired) electrons. The summed E-state index contributed by atoms with van der Waals surface area (Å²) >= 11 is 0. The maximum Gasteiger partial charge on any atom is 0.207 e. The first-order chi connectivity index (χ1) is 9.10. The fourth-order valence-electron chi connectivity index (χ4n) is 1.86. The summed E-state index contributed by atoms with van der Waals surface area (Å²) in [5.74, 6) is -0.632. The fraction of sp³-hybridized carbons (Fsp3) is 0.357. The lowest BCUT2D eigenvalue weighted by Gasteiger charge is -2.10. The van der Waals surface area contributed by atoms with Crippen LogP contribution in [-0.4, -0.2) is 9.55 Å². The summed E-state index contributed by atoms with van der Waals surface area (Å²) < 4.78 is 28.4. The minimum absolute atomic E-state index is 0.227. The van der Waals surface area contributed by atoms with Gasteiger partial charge in [0.2, 0.25) is 5.95 Å². The molecule has 0 spiro atoms. The molecule has 0 aliphatic rings. The van der Waals surface area contributed by atoms with Crippen molar-refractivity contribution >= 4 is 11.6 Å². The lowest BCUT2D eigenvalue weighted by Crippen LogP contribution is -2.04. The van der Waals surface area contributed by atoms with Crippen LogP contribution in [0.25, 0.3) is 0 Å². The zero-order chi connectivity index (χ0) is 13.8. The number of aryl methyl sites for hydroxylation is 2. The topological polar surface area (TPSA) is 29.9 Å². The van der Waals surface area contributed by atoms with Crippen LogP contribution >= 0.6 is 0 Å². The number of imidazole rings is 1. The Morgan fingerprint density at radius 3 is 2.79 bits per heavy atom. The summed E-state index contributed by atoms with van der Waals surface area (Å²) in [4.78, 5) is 4.31. The van der Waals surface area contributed by atoms with Crippen LogP contribution in [0.4, 0.5) is 20.4 Å². The van der Waals surface area contributed by atoms with Gasteiger partial charge in [-0.3, -0.25) is 0 Å². The van der Waals surface area contributed by atoms with Crippen LogP contribution in [-0.2, 0) is 6.54 Å². The largest absolute Gasteiger partial charge is 0.323 e. The van der Waals surface area contributed by atoms with Crippen molar-refractivity contribution in [1.82, 2.24) is 9.55 Å². The Labute approximate surface area is 111 Å². The Morgan fingerprint density at radius 1 is 1.32 bits per heavy atom. The van der Waals surface area contributed by atoms with E-state index in [1.807, 2.05) is 17.7 Å². The summed E-state index contributed by atoms with van der Waals surface area (Å²) in [6, 6.07) is 3.45. The van der Waals surface area contributed by atoms with Crippen molar-refractivity contribution in [3.8, 4) is 0 Å². The predicted molar refractivity (Wildman–Crippen MR) is 71.5 cm³/mol. The maximum absolute atomic E-state index is 13.6. The first-order valence-corrected chi connectivity index (χ1v) is 6.36. The number of nitrogens with one attached hydrogen (secondary N) is 1. The van der Waals surface area contributed by atoms with Crippen LogP contribution in [0.3, 0.4) is 0 Å². The van der Waals surface area contributed by atoms with Crippen molar-refractivity contribution in [2.45, 2.75) is 33.2 Å². The molecule has 2 rings (SSSR count). The van der Waals surface area contributed by atoms with Crippen molar-refractivity contribution in [2.75, 3.05) is 5.32 Å². The summed E-state index contributed by atoms with van der Waals surface area (Å²) in [6.07, 6.45) is 4.01. The molecule has 0 aliphatic carbocycles. The second kappa shape index (κ2) is 5.82. The van der Waals surface area contributed by atoms with E-state index in [4.69, 9.17) is 0 Å². The van der Waals surface area contributed by atoms with Gasteiger partial charge in [0.1, 0.15) is 11.6 Å². The minimum Gasteiger partial charge on any atom is -0.323 e. The summed E-state index contributed by atoms with van der Waals surface area (Å²) in [5.41, 5.74) is 1.09. The van der Waals surface area contributed by atoms with Gasteiger partial charge in [-0.2, -0.15) is 0 Å². The third-order valence-electron chi connectivity index (χ3n) is 2.83. The quantitative estimate of drug-likeness (QED) is 0.885. The molecule has 0 atom stereocenters. The molecule has 0 fully saturated rings. The van der Waals surface area contributed by atoms with Gasteiger partial charge in [-0.1, -0.05) is 13.3 Å². The molecule has 1 N–H and O–H groups in total. The van der Waals surface area contributed by atoms with E-state index in [1.165, 1.54) is 12.1 Å². The smallest absolute Gasteiger partial charge is 0.207 e. The maximum atomic E-state index is 13.6. The molecule has 1 aromatic carbocycles. The minimum atomic E-state index is -0.623. The standard InChI is InChI=1S/C14H17F2N3/c1-3-4-7-19-9-10(2)17-14(19)18-13-6-5-11(15)8-12(13)16/h5-6,8-9H,3-4,7H2,1-2H3,(H,17,18). The zero-order valence-corrected chi connectivity index (χ0v) is 11.1. The van der Waals surface area contributed by atoms with Gasteiger partial charge < -0.3 is 9.88 Å². The molecule has 3 nitrogen and oxygen atoms in total. The van der Waals surface area contributed by atoms with Crippen molar-refractivity contribution in [1.29, 1.82) is 0 Å². The molecule has 1 aromatic heterocycles. The Kier molecular flexibility index (Phi) is 4.14. The first kappa shape index (κ1) is 13.5. The lowest BCUT2D eigenvalue weighted by molar-refractivity contribution is 0.585. The van der Waals surface area contributed by atoms with Crippen LogP contribution in [0.5, 0.6) is 0 Å². The molecule has 19 heavy (non-hydrogen) atoms. The summed E-state index contributed by atoms with van der Waals surface area (Å²) in [6.45, 7) is 4.81. The SMILES string of the molecule is CCCCn1cc(C)nc1Nc1ccc(F)cc1F. The lowest BCUT2D eigenvalue weighted by atomic mass is 10.3. The fourth-order valence-corrected chi connectivity index (χ4v) is 1.86. The van der Waals surface area contributed by atoms with E-state index in [0.717, 1.165) is 31.1 Å². The van der Waals surface area contributed by atoms with E-state index in [-0.39, 0.29) is 5.69 Å². The number of hydrogen-bond donors (Lipinski definition) is 1. The van der Waals surface area contributed by atoms with Crippen molar-refractivity contribution in [2.24, 2.45) is 0 Å². The van der Waals surface area contributed by atoms with Crippen LogP contribution in [0, 0.1) is 18.6 Å². The molecular formula is C14H17F2N3. The first-order valence-electron chi connectivity index (χ1n) is 6.36. The van der Waals surface area contributed by atoms with E-state index < -0.39 is 11.6 Å². The molecule has 0 amide bonds. The van der Waals surface area contributed by atoms with Crippen LogP contribution < -0.4 is 5.32 Å². The second-order valence-corrected chi connectivity index (χ2v) is 4.50. The zero-order valence-electron chi connectivity index (χ0n) is 11.1. The van der Waals surface area contributed by atoms with Gasteiger partial charge in [-0.15, -0.1) is 0 Å². The number of aromatic nitrogens is 2. The molecule has 102 valence electrons. The highest BCUT2D eigenvalue weighted by Crippen LogP contribution is 2.20. The second-order valence-electron chi connectivity index (χ2n) is 4.50. The van der Waals surface area contributed by atoms with Crippen molar-refractivity contribution in [3.63, 3.8) is 0 Å². The molecule has 0 saturated heterocycles. The van der Waals surface area contributed by atoms with Crippen LogP contribution in [0.15, 0.2) is 24.4 Å². The molecular weight excluding hydrogens is 248 g/mol. The highest BCUT2D eigenvalue weighted by Gasteiger charge is 2.09. The van der Waals surface area contributed by atoms with Crippen LogP contribution in [0.2, 0.25) is 0 Å². The van der Waals surface area contributed by atoms with E-state index in [9.17, 15) is 8.78 Å². The Hall–Kier alpha value is -1.91. The van der Waals surface area contributed by atoms with Gasteiger partial charge in [0.05, 0.1) is 11.4 Å². The Morgan fingerprint density at radius 2 is 2.11 bits per heavy atom. The molecule has 1 heterocycles. The number of rotatable bonds is 5. The molecule has 0 aliphatic heterocycles. The third-order valence-corrected chi connectivity index (χ3v) is 2.83. The van der Waals surface area contributed by atoms with Crippen molar-refractivity contribution in [3.05, 3.63) is 41.7 Å². The number of nitrogens with zero attached hydrogens (tertiary/aromatic N) is 2. The molecule has 0 saturated carbocycles. The average molecular weight is 265 g/mol. The molecule has 0 bridgehead atoms. The number of anilines is 2. The third kappa shape index (κ3) is 3.30. The highest BCUT2D eigenvalue weighted by molar-refractivity contribution is 5.54. The van der Waals surface area contributed by atoms with Crippen LogP contribution in [0.1, 0.15) is 25.5 Å². The number of benzene rings is 1. The monoisotopic (exact) mass is 265 g/mol. The molecule has 2 aromatic rings. The highest BCUT2D eigenvalue weighted by atomic mass is 19.1. The molecule has 5 heteroatoms. The Bertz CT molecular complexity index is 564. The average Bonchev–Trinajstić information content (AvgIpc) is 2.70.